The van der Waals surface area contributed by atoms with Crippen LogP contribution in [0, 0.1) is 0 Å². The second kappa shape index (κ2) is 4.91. The van der Waals surface area contributed by atoms with Gasteiger partial charge >= 0.3 is 0 Å². The Kier molecular flexibility index (Phi) is 3.30. The van der Waals surface area contributed by atoms with E-state index in [0.717, 1.165) is 28.2 Å². The lowest BCUT2D eigenvalue weighted by Gasteiger charge is -2.19. The van der Waals surface area contributed by atoms with Crippen LogP contribution in [0.3, 0.4) is 0 Å². The third kappa shape index (κ3) is 2.45. The Morgan fingerprint density at radius 2 is 2.35 bits per heavy atom. The Labute approximate surface area is 110 Å². The van der Waals surface area contributed by atoms with Crippen LogP contribution in [0.25, 0.3) is 5.65 Å². The number of nitrogens with zero attached hydrogens (tertiary/aromatic N) is 2. The fourth-order valence-corrected chi connectivity index (χ4v) is 3.86. The van der Waals surface area contributed by atoms with Crippen molar-refractivity contribution in [1.29, 1.82) is 0 Å². The zero-order chi connectivity index (χ0) is 11.7. The maximum absolute atomic E-state index is 6.13. The van der Waals surface area contributed by atoms with Gasteiger partial charge in [0.2, 0.25) is 0 Å². The van der Waals surface area contributed by atoms with Crippen molar-refractivity contribution in [3.8, 4) is 0 Å². The molecule has 90 valence electrons. The van der Waals surface area contributed by atoms with Gasteiger partial charge in [0.05, 0.1) is 5.69 Å². The minimum absolute atomic E-state index is 0.734. The highest BCUT2D eigenvalue weighted by molar-refractivity contribution is 7.99. The number of aromatic nitrogens is 2. The van der Waals surface area contributed by atoms with Gasteiger partial charge in [-0.1, -0.05) is 24.1 Å². The highest BCUT2D eigenvalue weighted by Gasteiger charge is 2.16. The number of hydrogen-bond acceptors (Lipinski definition) is 2. The first-order valence-electron chi connectivity index (χ1n) is 6.07. The topological polar surface area (TPSA) is 17.3 Å². The fraction of sp³-hybridized carbons (Fsp3) is 0.462. The van der Waals surface area contributed by atoms with Crippen LogP contribution in [0.2, 0.25) is 5.15 Å². The molecule has 1 fully saturated rings. The van der Waals surface area contributed by atoms with Crippen molar-refractivity contribution in [2.75, 3.05) is 5.75 Å². The second-order valence-corrected chi connectivity index (χ2v) is 6.30. The van der Waals surface area contributed by atoms with Crippen LogP contribution in [-0.2, 0) is 6.42 Å². The summed E-state index contributed by atoms with van der Waals surface area (Å²) in [7, 11) is 0. The zero-order valence-corrected chi connectivity index (χ0v) is 11.2. The van der Waals surface area contributed by atoms with E-state index in [9.17, 15) is 0 Å². The lowest BCUT2D eigenvalue weighted by molar-refractivity contribution is 0.656. The lowest BCUT2D eigenvalue weighted by Crippen LogP contribution is -2.12. The Balaban J connectivity index is 1.83. The number of fused-ring (bicyclic) bond motifs is 1. The predicted octanol–water partition coefficient (Wildman–Crippen LogP) is 3.82. The summed E-state index contributed by atoms with van der Waals surface area (Å²) in [6.45, 7) is 0. The van der Waals surface area contributed by atoms with Gasteiger partial charge in [0.15, 0.2) is 0 Å². The van der Waals surface area contributed by atoms with Crippen molar-refractivity contribution in [3.63, 3.8) is 0 Å². The zero-order valence-electron chi connectivity index (χ0n) is 9.60. The molecule has 3 rings (SSSR count). The van der Waals surface area contributed by atoms with Gasteiger partial charge in [0.1, 0.15) is 10.8 Å². The van der Waals surface area contributed by atoms with Crippen LogP contribution in [-0.4, -0.2) is 20.4 Å². The Bertz CT molecular complexity index is 517. The molecule has 17 heavy (non-hydrogen) atoms. The van der Waals surface area contributed by atoms with Crippen molar-refractivity contribution < 1.29 is 0 Å². The largest absolute Gasteiger partial charge is 0.290 e. The van der Waals surface area contributed by atoms with Crippen LogP contribution in [0.5, 0.6) is 0 Å². The first-order chi connectivity index (χ1) is 8.33. The molecular weight excluding hydrogens is 252 g/mol. The number of rotatable bonds is 2. The van der Waals surface area contributed by atoms with Gasteiger partial charge in [0, 0.05) is 17.9 Å². The minimum atomic E-state index is 0.734. The van der Waals surface area contributed by atoms with Crippen LogP contribution < -0.4 is 0 Å². The van der Waals surface area contributed by atoms with E-state index in [2.05, 4.69) is 22.9 Å². The molecule has 2 aromatic heterocycles. The highest BCUT2D eigenvalue weighted by Crippen LogP contribution is 2.28. The van der Waals surface area contributed by atoms with E-state index < -0.39 is 0 Å². The van der Waals surface area contributed by atoms with Crippen molar-refractivity contribution in [1.82, 2.24) is 9.38 Å². The first kappa shape index (κ1) is 11.4. The molecule has 0 aliphatic carbocycles. The van der Waals surface area contributed by atoms with E-state index in [0.29, 0.717) is 0 Å². The van der Waals surface area contributed by atoms with Gasteiger partial charge in [-0.25, -0.2) is 4.98 Å². The SMILES string of the molecule is Clc1cccc2nc(CC3CCCCS3)cn12. The monoisotopic (exact) mass is 266 g/mol. The molecular formula is C13H15ClN2S. The molecule has 0 saturated carbocycles. The van der Waals surface area contributed by atoms with Crippen LogP contribution >= 0.6 is 23.4 Å². The van der Waals surface area contributed by atoms with E-state index in [4.69, 9.17) is 11.6 Å². The maximum atomic E-state index is 6.13. The van der Waals surface area contributed by atoms with E-state index in [1.54, 1.807) is 0 Å². The van der Waals surface area contributed by atoms with Crippen LogP contribution in [0.1, 0.15) is 25.0 Å². The maximum Gasteiger partial charge on any atom is 0.138 e. The summed E-state index contributed by atoms with van der Waals surface area (Å²) in [6.07, 6.45) is 7.21. The smallest absolute Gasteiger partial charge is 0.138 e. The van der Waals surface area contributed by atoms with Gasteiger partial charge in [-0.3, -0.25) is 4.40 Å². The minimum Gasteiger partial charge on any atom is -0.290 e. The quantitative estimate of drug-likeness (QED) is 0.769. The predicted molar refractivity (Wildman–Crippen MR) is 74.0 cm³/mol. The van der Waals surface area contributed by atoms with E-state index in [-0.39, 0.29) is 0 Å². The van der Waals surface area contributed by atoms with Gasteiger partial charge in [-0.05, 0) is 30.7 Å². The molecule has 2 nitrogen and oxygen atoms in total. The van der Waals surface area contributed by atoms with Gasteiger partial charge in [-0.2, -0.15) is 11.8 Å². The summed E-state index contributed by atoms with van der Waals surface area (Å²) < 4.78 is 1.96. The van der Waals surface area contributed by atoms with Crippen molar-refractivity contribution >= 4 is 29.0 Å². The summed E-state index contributed by atoms with van der Waals surface area (Å²) in [6, 6.07) is 5.85. The Morgan fingerprint density at radius 3 is 3.12 bits per heavy atom. The molecule has 2 aromatic rings. The molecule has 3 heterocycles. The van der Waals surface area contributed by atoms with Crippen molar-refractivity contribution in [3.05, 3.63) is 35.2 Å². The normalized spacial score (nSPS) is 20.9. The second-order valence-electron chi connectivity index (χ2n) is 4.50. The van der Waals surface area contributed by atoms with Crippen molar-refractivity contribution in [2.45, 2.75) is 30.9 Å². The molecule has 1 aliphatic rings. The molecule has 0 N–H and O–H groups in total. The van der Waals surface area contributed by atoms with E-state index >= 15 is 0 Å². The Hall–Kier alpha value is -0.670. The molecule has 0 bridgehead atoms. The molecule has 0 aromatic carbocycles. The van der Waals surface area contributed by atoms with Gasteiger partial charge in [-0.15, -0.1) is 0 Å². The number of thioether (sulfide) groups is 1. The lowest BCUT2D eigenvalue weighted by atomic mass is 10.1. The molecule has 1 unspecified atom stereocenters. The molecule has 1 atom stereocenters. The summed E-state index contributed by atoms with van der Waals surface area (Å²) in [5, 5.41) is 1.48. The molecule has 4 heteroatoms. The summed E-state index contributed by atoms with van der Waals surface area (Å²) in [5.41, 5.74) is 2.12. The molecule has 1 aliphatic heterocycles. The number of hydrogen-bond donors (Lipinski definition) is 0. The third-order valence-electron chi connectivity index (χ3n) is 3.20. The average molecular weight is 267 g/mol. The summed E-state index contributed by atoms with van der Waals surface area (Å²) in [5.74, 6) is 1.30. The molecule has 0 amide bonds. The molecule has 0 radical (unpaired) electrons. The third-order valence-corrected chi connectivity index (χ3v) is 4.91. The number of imidazole rings is 1. The van der Waals surface area contributed by atoms with Gasteiger partial charge in [0.25, 0.3) is 0 Å². The van der Waals surface area contributed by atoms with Crippen molar-refractivity contribution in [2.24, 2.45) is 0 Å². The summed E-state index contributed by atoms with van der Waals surface area (Å²) >= 11 is 8.22. The number of pyridine rings is 1. The first-order valence-corrected chi connectivity index (χ1v) is 7.50. The summed E-state index contributed by atoms with van der Waals surface area (Å²) in [4.78, 5) is 4.63. The molecule has 1 saturated heterocycles. The van der Waals surface area contributed by atoms with Gasteiger partial charge < -0.3 is 0 Å². The highest BCUT2D eigenvalue weighted by atomic mass is 35.5. The van der Waals surface area contributed by atoms with Crippen LogP contribution in [0.4, 0.5) is 0 Å². The van der Waals surface area contributed by atoms with E-state index in [1.807, 2.05) is 22.6 Å². The van der Waals surface area contributed by atoms with Crippen LogP contribution in [0.15, 0.2) is 24.4 Å². The molecule has 0 spiro atoms. The average Bonchev–Trinajstić information content (AvgIpc) is 2.74. The van der Waals surface area contributed by atoms with E-state index in [1.165, 1.54) is 25.0 Å². The number of halogens is 1. The fourth-order valence-electron chi connectivity index (χ4n) is 2.33. The Morgan fingerprint density at radius 1 is 1.41 bits per heavy atom. The standard InChI is InChI=1S/C13H15ClN2S/c14-12-5-3-6-13-15-10(9-16(12)13)8-11-4-1-2-7-17-11/h3,5-6,9,11H,1-2,4,7-8H2.